The summed E-state index contributed by atoms with van der Waals surface area (Å²) < 4.78 is 10.7. The number of benzene rings is 3. The number of amides is 2. The van der Waals surface area contributed by atoms with Crippen molar-refractivity contribution in [2.24, 2.45) is 0 Å². The van der Waals surface area contributed by atoms with Crippen molar-refractivity contribution in [1.29, 1.82) is 0 Å². The van der Waals surface area contributed by atoms with Crippen LogP contribution >= 0.6 is 11.6 Å². The van der Waals surface area contributed by atoms with E-state index in [0.29, 0.717) is 34.3 Å². The maximum absolute atomic E-state index is 12.2. The van der Waals surface area contributed by atoms with Crippen LogP contribution in [0.15, 0.2) is 66.7 Å². The van der Waals surface area contributed by atoms with Crippen molar-refractivity contribution in [3.63, 3.8) is 0 Å². The second-order valence-corrected chi connectivity index (χ2v) is 8.39. The van der Waals surface area contributed by atoms with Crippen LogP contribution in [0.5, 0.6) is 11.5 Å². The smallest absolute Gasteiger partial charge is 0.306 e. The Morgan fingerprint density at radius 1 is 0.857 bits per heavy atom. The van der Waals surface area contributed by atoms with Gasteiger partial charge in [0.25, 0.3) is 5.91 Å². The van der Waals surface area contributed by atoms with Crippen molar-refractivity contribution in [3.05, 3.63) is 82.9 Å². The molecule has 0 heterocycles. The predicted octanol–water partition coefficient (Wildman–Crippen LogP) is 6.04. The molecular weight excluding hydrogens is 468 g/mol. The van der Waals surface area contributed by atoms with Gasteiger partial charge in [0.1, 0.15) is 11.5 Å². The first-order valence-corrected chi connectivity index (χ1v) is 11.5. The van der Waals surface area contributed by atoms with Gasteiger partial charge >= 0.3 is 5.97 Å². The number of hydrogen-bond donors (Lipinski definition) is 2. The average Bonchev–Trinajstić information content (AvgIpc) is 2.83. The van der Waals surface area contributed by atoms with Gasteiger partial charge in [-0.15, -0.1) is 0 Å². The molecule has 3 rings (SSSR count). The van der Waals surface area contributed by atoms with Gasteiger partial charge in [0.05, 0.1) is 5.02 Å². The number of carbonyl (C=O) groups is 3. The van der Waals surface area contributed by atoms with Crippen LogP contribution in [0.2, 0.25) is 5.02 Å². The van der Waals surface area contributed by atoms with Crippen LogP contribution in [0.25, 0.3) is 0 Å². The number of halogens is 1. The second-order valence-electron chi connectivity index (χ2n) is 7.99. The van der Waals surface area contributed by atoms with Gasteiger partial charge in [0.2, 0.25) is 5.91 Å². The molecule has 0 saturated heterocycles. The highest BCUT2D eigenvalue weighted by atomic mass is 35.5. The number of aryl methyl sites for hydroxylation is 2. The highest BCUT2D eigenvalue weighted by Gasteiger charge is 2.11. The van der Waals surface area contributed by atoms with Crippen molar-refractivity contribution in [1.82, 2.24) is 0 Å². The van der Waals surface area contributed by atoms with Gasteiger partial charge in [-0.1, -0.05) is 35.9 Å². The number of rotatable bonds is 10. The zero-order valence-corrected chi connectivity index (χ0v) is 20.4. The van der Waals surface area contributed by atoms with Gasteiger partial charge in [0.15, 0.2) is 6.61 Å². The van der Waals surface area contributed by atoms with Gasteiger partial charge in [-0.05, 0) is 73.9 Å². The van der Waals surface area contributed by atoms with Gasteiger partial charge < -0.3 is 20.1 Å². The Morgan fingerprint density at radius 2 is 1.60 bits per heavy atom. The third-order valence-electron chi connectivity index (χ3n) is 5.02. The molecule has 3 aromatic carbocycles. The fraction of sp³-hybridized carbons (Fsp3) is 0.222. The highest BCUT2D eigenvalue weighted by molar-refractivity contribution is 6.32. The van der Waals surface area contributed by atoms with Gasteiger partial charge in [-0.2, -0.15) is 0 Å². The average molecular weight is 495 g/mol. The fourth-order valence-corrected chi connectivity index (χ4v) is 3.33. The van der Waals surface area contributed by atoms with Crippen molar-refractivity contribution < 1.29 is 23.9 Å². The lowest BCUT2D eigenvalue weighted by Gasteiger charge is -2.10. The molecule has 182 valence electrons. The molecule has 0 saturated carbocycles. The molecule has 3 aromatic rings. The van der Waals surface area contributed by atoms with E-state index in [1.807, 2.05) is 44.2 Å². The van der Waals surface area contributed by atoms with E-state index in [-0.39, 0.29) is 25.4 Å². The third-order valence-corrected chi connectivity index (χ3v) is 5.33. The summed E-state index contributed by atoms with van der Waals surface area (Å²) in [6, 6.07) is 19.7. The van der Waals surface area contributed by atoms with Crippen LogP contribution < -0.4 is 15.4 Å². The summed E-state index contributed by atoms with van der Waals surface area (Å²) in [4.78, 5) is 36.1. The standard InChI is InChI=1S/C27H27ClN2O5/c1-18-10-11-19(2)23(16-18)30-26(32)17-34-27(33)9-5-8-25(31)29-20-12-14-21(15-13-20)35-24-7-4-3-6-22(24)28/h3-4,6-7,10-16H,5,8-9,17H2,1-2H3,(H,29,31)(H,30,32). The van der Waals surface area contributed by atoms with E-state index >= 15 is 0 Å². The summed E-state index contributed by atoms with van der Waals surface area (Å²) >= 11 is 6.09. The third kappa shape index (κ3) is 8.46. The fourth-order valence-electron chi connectivity index (χ4n) is 3.15. The van der Waals surface area contributed by atoms with Gasteiger partial charge in [-0.25, -0.2) is 0 Å². The second kappa shape index (κ2) is 12.6. The summed E-state index contributed by atoms with van der Waals surface area (Å²) in [5.74, 6) is -0.0481. The van der Waals surface area contributed by atoms with Crippen LogP contribution in [0.4, 0.5) is 11.4 Å². The molecule has 0 spiro atoms. The van der Waals surface area contributed by atoms with Crippen molar-refractivity contribution in [2.75, 3.05) is 17.2 Å². The minimum Gasteiger partial charge on any atom is -0.456 e. The predicted molar refractivity (Wildman–Crippen MR) is 136 cm³/mol. The zero-order valence-electron chi connectivity index (χ0n) is 19.6. The van der Waals surface area contributed by atoms with E-state index in [0.717, 1.165) is 11.1 Å². The Balaban J connectivity index is 1.34. The maximum Gasteiger partial charge on any atom is 0.306 e. The normalized spacial score (nSPS) is 10.4. The summed E-state index contributed by atoms with van der Waals surface area (Å²) in [6.45, 7) is 3.44. The molecular formula is C27H27ClN2O5. The van der Waals surface area contributed by atoms with Crippen molar-refractivity contribution in [3.8, 4) is 11.5 Å². The molecule has 0 aliphatic carbocycles. The van der Waals surface area contributed by atoms with E-state index in [2.05, 4.69) is 10.6 Å². The minimum atomic E-state index is -0.532. The first kappa shape index (κ1) is 25.8. The Hall–Kier alpha value is -3.84. The van der Waals surface area contributed by atoms with E-state index in [4.69, 9.17) is 21.1 Å². The van der Waals surface area contributed by atoms with E-state index in [1.54, 1.807) is 36.4 Å². The number of esters is 1. The van der Waals surface area contributed by atoms with Gasteiger partial charge in [0, 0.05) is 24.2 Å². The van der Waals surface area contributed by atoms with Gasteiger partial charge in [-0.3, -0.25) is 14.4 Å². The van der Waals surface area contributed by atoms with Crippen molar-refractivity contribution >= 4 is 40.8 Å². The van der Waals surface area contributed by atoms with Crippen LogP contribution in [0, 0.1) is 13.8 Å². The molecule has 0 radical (unpaired) electrons. The Morgan fingerprint density at radius 3 is 2.34 bits per heavy atom. The topological polar surface area (TPSA) is 93.7 Å². The number of para-hydroxylation sites is 1. The lowest BCUT2D eigenvalue weighted by atomic mass is 10.1. The summed E-state index contributed by atoms with van der Waals surface area (Å²) in [5.41, 5.74) is 3.23. The summed E-state index contributed by atoms with van der Waals surface area (Å²) in [5, 5.41) is 6.01. The number of anilines is 2. The van der Waals surface area contributed by atoms with Crippen LogP contribution in [0.3, 0.4) is 0 Å². The number of carbonyl (C=O) groups excluding carboxylic acids is 3. The number of ether oxygens (including phenoxy) is 2. The molecule has 0 unspecified atom stereocenters. The van der Waals surface area contributed by atoms with E-state index < -0.39 is 11.9 Å². The molecule has 8 heteroatoms. The summed E-state index contributed by atoms with van der Waals surface area (Å²) in [6.07, 6.45) is 0.480. The molecule has 2 N–H and O–H groups in total. The number of hydrogen-bond acceptors (Lipinski definition) is 5. The zero-order chi connectivity index (χ0) is 25.2. The molecule has 7 nitrogen and oxygen atoms in total. The largest absolute Gasteiger partial charge is 0.456 e. The first-order chi connectivity index (χ1) is 16.8. The maximum atomic E-state index is 12.2. The van der Waals surface area contributed by atoms with Crippen LogP contribution in [0.1, 0.15) is 30.4 Å². The van der Waals surface area contributed by atoms with Crippen LogP contribution in [-0.2, 0) is 19.1 Å². The van der Waals surface area contributed by atoms with E-state index in [1.165, 1.54) is 0 Å². The molecule has 0 fully saturated rings. The Kier molecular flexibility index (Phi) is 9.26. The van der Waals surface area contributed by atoms with Crippen LogP contribution in [-0.4, -0.2) is 24.4 Å². The quantitative estimate of drug-likeness (QED) is 0.335. The number of nitrogens with one attached hydrogen (secondary N) is 2. The SMILES string of the molecule is Cc1ccc(C)c(NC(=O)COC(=O)CCCC(=O)Nc2ccc(Oc3ccccc3Cl)cc2)c1. The molecule has 0 bridgehead atoms. The highest BCUT2D eigenvalue weighted by Crippen LogP contribution is 2.29. The lowest BCUT2D eigenvalue weighted by Crippen LogP contribution is -2.21. The molecule has 0 aromatic heterocycles. The Labute approximate surface area is 209 Å². The summed E-state index contributed by atoms with van der Waals surface area (Å²) in [7, 11) is 0. The molecule has 0 aliphatic rings. The molecule has 0 atom stereocenters. The Bertz CT molecular complexity index is 1190. The molecule has 0 aliphatic heterocycles. The minimum absolute atomic E-state index is 0.0365. The van der Waals surface area contributed by atoms with E-state index in [9.17, 15) is 14.4 Å². The monoisotopic (exact) mass is 494 g/mol. The first-order valence-electron chi connectivity index (χ1n) is 11.1. The molecule has 35 heavy (non-hydrogen) atoms. The lowest BCUT2D eigenvalue weighted by molar-refractivity contribution is -0.147. The molecule has 2 amide bonds. The van der Waals surface area contributed by atoms with Crippen molar-refractivity contribution in [2.45, 2.75) is 33.1 Å².